The zero-order valence-corrected chi connectivity index (χ0v) is 17.7. The first kappa shape index (κ1) is 20.7. The topological polar surface area (TPSA) is 114 Å². The highest BCUT2D eigenvalue weighted by Crippen LogP contribution is 2.26. The summed E-state index contributed by atoms with van der Waals surface area (Å²) in [6.07, 6.45) is 2.18. The number of nitrogens with zero attached hydrogens (tertiary/aromatic N) is 4. The molecule has 0 unspecified atom stereocenters. The zero-order chi connectivity index (χ0) is 20.8. The SMILES string of the molecule is COc1ccnc(Nc2ccc(Nc3ncc(Br)c(O[C@H](C)[C@@H](C)O)n3)cc2)n1. The molecule has 2 heterocycles. The van der Waals surface area contributed by atoms with Gasteiger partial charge in [-0.15, -0.1) is 0 Å². The standard InChI is InChI=1S/C19H21BrN6O3/c1-11(27)12(2)29-17-15(20)10-22-19(26-17)24-14-6-4-13(5-7-14)23-18-21-9-8-16(25-18)28-3/h4-12,27H,1-3H3,(H,21,23,25)(H,22,24,26)/t11-,12-/m1/s1. The van der Waals surface area contributed by atoms with E-state index < -0.39 is 12.2 Å². The number of aromatic nitrogens is 4. The lowest BCUT2D eigenvalue weighted by Crippen LogP contribution is -2.26. The second-order valence-corrected chi connectivity index (χ2v) is 7.01. The first-order valence-corrected chi connectivity index (χ1v) is 9.62. The predicted molar refractivity (Wildman–Crippen MR) is 113 cm³/mol. The highest BCUT2D eigenvalue weighted by Gasteiger charge is 2.14. The van der Waals surface area contributed by atoms with E-state index in [-0.39, 0.29) is 0 Å². The highest BCUT2D eigenvalue weighted by atomic mass is 79.9. The van der Waals surface area contributed by atoms with Crippen LogP contribution < -0.4 is 20.1 Å². The lowest BCUT2D eigenvalue weighted by molar-refractivity contribution is 0.0569. The fraction of sp³-hybridized carbons (Fsp3) is 0.263. The Bertz CT molecular complexity index is 955. The van der Waals surface area contributed by atoms with E-state index in [9.17, 15) is 5.11 Å². The fourth-order valence-corrected chi connectivity index (χ4v) is 2.46. The van der Waals surface area contributed by atoms with Gasteiger partial charge in [-0.05, 0) is 54.0 Å². The normalized spacial score (nSPS) is 12.7. The Balaban J connectivity index is 1.68. The van der Waals surface area contributed by atoms with Crippen LogP contribution in [0.3, 0.4) is 0 Å². The van der Waals surface area contributed by atoms with Crippen molar-refractivity contribution >= 4 is 39.2 Å². The molecule has 0 amide bonds. The summed E-state index contributed by atoms with van der Waals surface area (Å²) in [7, 11) is 1.55. The van der Waals surface area contributed by atoms with E-state index in [0.29, 0.717) is 28.1 Å². The van der Waals surface area contributed by atoms with Crippen LogP contribution in [0.1, 0.15) is 13.8 Å². The third-order valence-corrected chi connectivity index (χ3v) is 4.47. The van der Waals surface area contributed by atoms with Crippen molar-refractivity contribution in [3.8, 4) is 11.8 Å². The smallest absolute Gasteiger partial charge is 0.233 e. The average Bonchev–Trinajstić information content (AvgIpc) is 2.72. The molecule has 0 spiro atoms. The summed E-state index contributed by atoms with van der Waals surface area (Å²) in [4.78, 5) is 16.9. The van der Waals surface area contributed by atoms with Gasteiger partial charge in [-0.25, -0.2) is 9.97 Å². The minimum Gasteiger partial charge on any atom is -0.481 e. The van der Waals surface area contributed by atoms with Gasteiger partial charge in [0.05, 0.1) is 23.9 Å². The molecule has 1 aromatic carbocycles. The average molecular weight is 461 g/mol. The van der Waals surface area contributed by atoms with E-state index in [1.807, 2.05) is 24.3 Å². The van der Waals surface area contributed by atoms with Crippen molar-refractivity contribution in [3.05, 3.63) is 47.2 Å². The van der Waals surface area contributed by atoms with Crippen molar-refractivity contribution < 1.29 is 14.6 Å². The van der Waals surface area contributed by atoms with Crippen LogP contribution in [0.2, 0.25) is 0 Å². The number of hydrogen-bond acceptors (Lipinski definition) is 9. The molecule has 2 atom stereocenters. The van der Waals surface area contributed by atoms with Gasteiger partial charge in [-0.2, -0.15) is 9.97 Å². The van der Waals surface area contributed by atoms with E-state index in [1.165, 1.54) is 0 Å². The molecule has 0 bridgehead atoms. The lowest BCUT2D eigenvalue weighted by Gasteiger charge is -2.17. The monoisotopic (exact) mass is 460 g/mol. The first-order valence-electron chi connectivity index (χ1n) is 8.83. The number of halogens is 1. The molecule has 29 heavy (non-hydrogen) atoms. The second-order valence-electron chi connectivity index (χ2n) is 6.16. The number of hydrogen-bond donors (Lipinski definition) is 3. The Hall–Kier alpha value is -2.98. The van der Waals surface area contributed by atoms with Gasteiger partial charge in [0.15, 0.2) is 0 Å². The van der Waals surface area contributed by atoms with Gasteiger partial charge in [0.1, 0.15) is 6.10 Å². The number of aliphatic hydroxyl groups excluding tert-OH is 1. The van der Waals surface area contributed by atoms with E-state index in [1.54, 1.807) is 39.4 Å². The molecule has 2 aromatic heterocycles. The van der Waals surface area contributed by atoms with Gasteiger partial charge in [-0.1, -0.05) is 0 Å². The Labute approximate surface area is 176 Å². The molecule has 0 aliphatic heterocycles. The third-order valence-electron chi connectivity index (χ3n) is 3.93. The maximum absolute atomic E-state index is 9.62. The zero-order valence-electron chi connectivity index (χ0n) is 16.1. The molecule has 3 aromatic rings. The van der Waals surface area contributed by atoms with Crippen LogP contribution >= 0.6 is 15.9 Å². The van der Waals surface area contributed by atoms with Crippen molar-refractivity contribution in [2.45, 2.75) is 26.1 Å². The van der Waals surface area contributed by atoms with Crippen molar-refractivity contribution in [3.63, 3.8) is 0 Å². The third kappa shape index (κ3) is 5.75. The molecule has 3 N–H and O–H groups in total. The summed E-state index contributed by atoms with van der Waals surface area (Å²) >= 11 is 3.36. The van der Waals surface area contributed by atoms with Gasteiger partial charge in [0.2, 0.25) is 23.7 Å². The second kappa shape index (κ2) is 9.48. The number of anilines is 4. The molecule has 0 saturated heterocycles. The summed E-state index contributed by atoms with van der Waals surface area (Å²) in [6, 6.07) is 9.16. The Morgan fingerprint density at radius 3 is 2.17 bits per heavy atom. The number of ether oxygens (including phenoxy) is 2. The van der Waals surface area contributed by atoms with Gasteiger partial charge in [0, 0.05) is 23.6 Å². The summed E-state index contributed by atoms with van der Waals surface area (Å²) in [5.41, 5.74) is 1.61. The highest BCUT2D eigenvalue weighted by molar-refractivity contribution is 9.10. The van der Waals surface area contributed by atoms with Crippen LogP contribution in [0, 0.1) is 0 Å². The largest absolute Gasteiger partial charge is 0.481 e. The van der Waals surface area contributed by atoms with Crippen molar-refractivity contribution in [1.82, 2.24) is 19.9 Å². The van der Waals surface area contributed by atoms with Crippen molar-refractivity contribution in [2.24, 2.45) is 0 Å². The minimum absolute atomic E-state index is 0.351. The first-order chi connectivity index (χ1) is 13.9. The predicted octanol–water partition coefficient (Wildman–Crippen LogP) is 3.67. The van der Waals surface area contributed by atoms with E-state index >= 15 is 0 Å². The molecular formula is C19H21BrN6O3. The lowest BCUT2D eigenvalue weighted by atomic mass is 10.3. The van der Waals surface area contributed by atoms with Gasteiger partial charge in [-0.3, -0.25) is 0 Å². The Kier molecular flexibility index (Phi) is 6.78. The number of rotatable bonds is 8. The quantitative estimate of drug-likeness (QED) is 0.462. The molecule has 0 aliphatic carbocycles. The van der Waals surface area contributed by atoms with E-state index in [4.69, 9.17) is 9.47 Å². The summed E-state index contributed by atoms with van der Waals surface area (Å²) in [5, 5.41) is 15.8. The maximum atomic E-state index is 9.62. The molecule has 152 valence electrons. The molecule has 10 heteroatoms. The number of benzene rings is 1. The number of nitrogens with one attached hydrogen (secondary N) is 2. The molecule has 9 nitrogen and oxygen atoms in total. The molecule has 0 fully saturated rings. The summed E-state index contributed by atoms with van der Waals surface area (Å²) < 4.78 is 11.4. The van der Waals surface area contributed by atoms with Crippen molar-refractivity contribution in [1.29, 1.82) is 0 Å². The Morgan fingerprint density at radius 1 is 0.966 bits per heavy atom. The van der Waals surface area contributed by atoms with Crippen LogP contribution in [-0.4, -0.2) is 44.4 Å². The van der Waals surface area contributed by atoms with Gasteiger partial charge < -0.3 is 25.2 Å². The van der Waals surface area contributed by atoms with E-state index in [0.717, 1.165) is 11.4 Å². The van der Waals surface area contributed by atoms with Crippen LogP contribution in [0.4, 0.5) is 23.3 Å². The van der Waals surface area contributed by atoms with Crippen LogP contribution in [0.25, 0.3) is 0 Å². The molecule has 0 saturated carbocycles. The maximum Gasteiger partial charge on any atom is 0.233 e. The fourth-order valence-electron chi connectivity index (χ4n) is 2.18. The van der Waals surface area contributed by atoms with Gasteiger partial charge in [0.25, 0.3) is 0 Å². The molecule has 0 radical (unpaired) electrons. The minimum atomic E-state index is -0.623. The van der Waals surface area contributed by atoms with Gasteiger partial charge >= 0.3 is 0 Å². The van der Waals surface area contributed by atoms with Crippen molar-refractivity contribution in [2.75, 3.05) is 17.7 Å². The summed E-state index contributed by atoms with van der Waals surface area (Å²) in [6.45, 7) is 3.43. The Morgan fingerprint density at radius 2 is 1.59 bits per heavy atom. The number of aliphatic hydroxyl groups is 1. The molecule has 0 aliphatic rings. The number of methoxy groups -OCH3 is 1. The molecular weight excluding hydrogens is 440 g/mol. The van der Waals surface area contributed by atoms with Crippen LogP contribution in [-0.2, 0) is 0 Å². The van der Waals surface area contributed by atoms with Crippen LogP contribution in [0.15, 0.2) is 47.2 Å². The summed E-state index contributed by atoms with van der Waals surface area (Å²) in [5.74, 6) is 1.65. The van der Waals surface area contributed by atoms with Crippen LogP contribution in [0.5, 0.6) is 11.8 Å². The molecule has 3 rings (SSSR count). The van der Waals surface area contributed by atoms with E-state index in [2.05, 4.69) is 46.5 Å².